The van der Waals surface area contributed by atoms with Crippen LogP contribution in [0.15, 0.2) is 48.5 Å². The fourth-order valence-electron chi connectivity index (χ4n) is 2.15. The van der Waals surface area contributed by atoms with Crippen LogP contribution in [0.4, 0.5) is 5.69 Å². The van der Waals surface area contributed by atoms with E-state index in [9.17, 15) is 19.7 Å². The molecular weight excluding hydrogens is 312 g/mol. The summed E-state index contributed by atoms with van der Waals surface area (Å²) in [6.45, 7) is 0.265. The molecule has 0 aromatic heterocycles. The first kappa shape index (κ1) is 17.1. The van der Waals surface area contributed by atoms with Gasteiger partial charge in [-0.25, -0.2) is 4.79 Å². The number of nitro groups is 1. The monoisotopic (exact) mass is 328 g/mol. The molecule has 1 amide bonds. The van der Waals surface area contributed by atoms with E-state index in [0.717, 1.165) is 5.56 Å². The Hall–Kier alpha value is -3.22. The van der Waals surface area contributed by atoms with Crippen molar-refractivity contribution in [2.45, 2.75) is 13.0 Å². The van der Waals surface area contributed by atoms with E-state index in [1.54, 1.807) is 42.5 Å². The number of hydrogen-bond donors (Lipinski definition) is 1. The van der Waals surface area contributed by atoms with Gasteiger partial charge in [0.25, 0.3) is 5.69 Å². The van der Waals surface area contributed by atoms with Gasteiger partial charge in [-0.2, -0.15) is 0 Å². The van der Waals surface area contributed by atoms with Gasteiger partial charge in [-0.05, 0) is 17.7 Å². The molecule has 0 aliphatic carbocycles. The molecule has 0 bridgehead atoms. The van der Waals surface area contributed by atoms with E-state index in [2.05, 4.69) is 10.1 Å². The van der Waals surface area contributed by atoms with Crippen molar-refractivity contribution < 1.29 is 19.2 Å². The van der Waals surface area contributed by atoms with Gasteiger partial charge in [0.05, 0.1) is 24.0 Å². The van der Waals surface area contributed by atoms with E-state index in [1.807, 2.05) is 0 Å². The smallest absolute Gasteiger partial charge is 0.337 e. The molecule has 2 rings (SSSR count). The van der Waals surface area contributed by atoms with Crippen molar-refractivity contribution in [2.75, 3.05) is 7.11 Å². The van der Waals surface area contributed by atoms with Crippen molar-refractivity contribution in [3.8, 4) is 0 Å². The molecule has 0 aliphatic rings. The topological polar surface area (TPSA) is 98.5 Å². The SMILES string of the molecule is COC(=O)c1ccc(CNC(=O)Cc2ccccc2[N+](=O)[O-])cc1. The first-order valence-electron chi connectivity index (χ1n) is 7.17. The molecule has 0 saturated carbocycles. The van der Waals surface area contributed by atoms with Gasteiger partial charge >= 0.3 is 5.97 Å². The summed E-state index contributed by atoms with van der Waals surface area (Å²) < 4.78 is 4.61. The first-order valence-corrected chi connectivity index (χ1v) is 7.17. The third kappa shape index (κ3) is 4.39. The maximum Gasteiger partial charge on any atom is 0.337 e. The predicted molar refractivity (Wildman–Crippen MR) is 86.4 cm³/mol. The zero-order valence-corrected chi connectivity index (χ0v) is 13.0. The summed E-state index contributed by atoms with van der Waals surface area (Å²) >= 11 is 0. The van der Waals surface area contributed by atoms with Crippen molar-refractivity contribution in [3.63, 3.8) is 0 Å². The minimum atomic E-state index is -0.506. The molecule has 0 atom stereocenters. The molecule has 0 fully saturated rings. The number of methoxy groups -OCH3 is 1. The summed E-state index contributed by atoms with van der Waals surface area (Å²) in [7, 11) is 1.30. The van der Waals surface area contributed by atoms with Crippen LogP contribution in [0.2, 0.25) is 0 Å². The fraction of sp³-hybridized carbons (Fsp3) is 0.176. The summed E-state index contributed by atoms with van der Waals surface area (Å²) in [5.41, 5.74) is 1.52. The average Bonchev–Trinajstić information content (AvgIpc) is 2.60. The second-order valence-electron chi connectivity index (χ2n) is 5.03. The Morgan fingerprint density at radius 3 is 2.42 bits per heavy atom. The van der Waals surface area contributed by atoms with Crippen LogP contribution in [0.25, 0.3) is 0 Å². The summed E-state index contributed by atoms with van der Waals surface area (Å²) in [5.74, 6) is -0.747. The Morgan fingerprint density at radius 1 is 1.12 bits per heavy atom. The van der Waals surface area contributed by atoms with Gasteiger partial charge in [-0.15, -0.1) is 0 Å². The third-order valence-corrected chi connectivity index (χ3v) is 3.40. The van der Waals surface area contributed by atoms with E-state index in [0.29, 0.717) is 11.1 Å². The van der Waals surface area contributed by atoms with Gasteiger partial charge in [0.1, 0.15) is 0 Å². The molecule has 2 aromatic rings. The molecule has 0 spiro atoms. The molecule has 0 heterocycles. The Morgan fingerprint density at radius 2 is 1.79 bits per heavy atom. The highest BCUT2D eigenvalue weighted by Gasteiger charge is 2.15. The van der Waals surface area contributed by atoms with Crippen LogP contribution in [0, 0.1) is 10.1 Å². The van der Waals surface area contributed by atoms with Crippen LogP contribution in [0.1, 0.15) is 21.5 Å². The summed E-state index contributed by atoms with van der Waals surface area (Å²) in [6, 6.07) is 12.8. The lowest BCUT2D eigenvalue weighted by molar-refractivity contribution is -0.385. The highest BCUT2D eigenvalue weighted by molar-refractivity contribution is 5.89. The van der Waals surface area contributed by atoms with Crippen molar-refractivity contribution in [1.82, 2.24) is 5.32 Å². The molecule has 7 heteroatoms. The lowest BCUT2D eigenvalue weighted by atomic mass is 10.1. The lowest BCUT2D eigenvalue weighted by Crippen LogP contribution is -2.24. The number of rotatable bonds is 6. The molecule has 1 N–H and O–H groups in total. The Labute approximate surface area is 138 Å². The number of ether oxygens (including phenoxy) is 1. The van der Waals surface area contributed by atoms with E-state index in [1.165, 1.54) is 13.2 Å². The zero-order valence-electron chi connectivity index (χ0n) is 13.0. The van der Waals surface area contributed by atoms with Crippen molar-refractivity contribution >= 4 is 17.6 Å². The Balaban J connectivity index is 1.94. The number of nitrogens with zero attached hydrogens (tertiary/aromatic N) is 1. The lowest BCUT2D eigenvalue weighted by Gasteiger charge is -2.07. The van der Waals surface area contributed by atoms with Gasteiger partial charge < -0.3 is 10.1 Å². The van der Waals surface area contributed by atoms with E-state index >= 15 is 0 Å². The molecular formula is C17H16N2O5. The average molecular weight is 328 g/mol. The molecule has 24 heavy (non-hydrogen) atoms. The van der Waals surface area contributed by atoms with Crippen LogP contribution >= 0.6 is 0 Å². The summed E-state index contributed by atoms with van der Waals surface area (Å²) in [6.07, 6.45) is -0.0720. The van der Waals surface area contributed by atoms with Gasteiger partial charge in [-0.3, -0.25) is 14.9 Å². The normalized spacial score (nSPS) is 10.0. The molecule has 2 aromatic carbocycles. The standard InChI is InChI=1S/C17H16N2O5/c1-24-17(21)13-8-6-12(7-9-13)11-18-16(20)10-14-4-2-3-5-15(14)19(22)23/h2-9H,10-11H2,1H3,(H,18,20). The number of hydrogen-bond acceptors (Lipinski definition) is 5. The van der Waals surface area contributed by atoms with Gasteiger partial charge in [-0.1, -0.05) is 30.3 Å². The Kier molecular flexibility index (Phi) is 5.62. The molecule has 124 valence electrons. The highest BCUT2D eigenvalue weighted by atomic mass is 16.6. The molecule has 0 unspecified atom stereocenters. The van der Waals surface area contributed by atoms with Gasteiger partial charge in [0.15, 0.2) is 0 Å². The summed E-state index contributed by atoms with van der Waals surface area (Å²) in [5, 5.41) is 13.6. The molecule has 0 radical (unpaired) electrons. The fourth-order valence-corrected chi connectivity index (χ4v) is 2.15. The second kappa shape index (κ2) is 7.87. The number of amides is 1. The van der Waals surface area contributed by atoms with Crippen LogP contribution in [0.3, 0.4) is 0 Å². The number of nitro benzene ring substituents is 1. The van der Waals surface area contributed by atoms with Crippen molar-refractivity contribution in [1.29, 1.82) is 0 Å². The maximum atomic E-state index is 12.0. The number of para-hydroxylation sites is 1. The second-order valence-corrected chi connectivity index (χ2v) is 5.03. The number of carbonyl (C=O) groups is 2. The largest absolute Gasteiger partial charge is 0.465 e. The van der Waals surface area contributed by atoms with Gasteiger partial charge in [0, 0.05) is 18.2 Å². The van der Waals surface area contributed by atoms with E-state index < -0.39 is 10.9 Å². The minimum absolute atomic E-state index is 0.0720. The van der Waals surface area contributed by atoms with Crippen LogP contribution in [-0.2, 0) is 22.5 Å². The number of esters is 1. The van der Waals surface area contributed by atoms with Crippen LogP contribution < -0.4 is 5.32 Å². The highest BCUT2D eigenvalue weighted by Crippen LogP contribution is 2.18. The van der Waals surface area contributed by atoms with Crippen molar-refractivity contribution in [3.05, 3.63) is 75.3 Å². The number of nitrogens with one attached hydrogen (secondary N) is 1. The predicted octanol–water partition coefficient (Wildman–Crippen LogP) is 2.24. The first-order chi connectivity index (χ1) is 11.5. The third-order valence-electron chi connectivity index (χ3n) is 3.40. The maximum absolute atomic E-state index is 12.0. The minimum Gasteiger partial charge on any atom is -0.465 e. The van der Waals surface area contributed by atoms with E-state index in [4.69, 9.17) is 0 Å². The number of benzene rings is 2. The van der Waals surface area contributed by atoms with Crippen LogP contribution in [-0.4, -0.2) is 23.9 Å². The van der Waals surface area contributed by atoms with E-state index in [-0.39, 0.29) is 24.6 Å². The molecule has 7 nitrogen and oxygen atoms in total. The Bertz CT molecular complexity index is 756. The van der Waals surface area contributed by atoms with Crippen LogP contribution in [0.5, 0.6) is 0 Å². The summed E-state index contributed by atoms with van der Waals surface area (Å²) in [4.78, 5) is 33.7. The molecule has 0 aliphatic heterocycles. The van der Waals surface area contributed by atoms with Gasteiger partial charge in [0.2, 0.25) is 5.91 Å². The van der Waals surface area contributed by atoms with Crippen molar-refractivity contribution in [2.24, 2.45) is 0 Å². The zero-order chi connectivity index (χ0) is 17.5. The number of carbonyl (C=O) groups excluding carboxylic acids is 2. The quantitative estimate of drug-likeness (QED) is 0.498. The molecule has 0 saturated heterocycles.